The molecule has 0 amide bonds. The van der Waals surface area contributed by atoms with Gasteiger partial charge < -0.3 is 10.6 Å². The van der Waals surface area contributed by atoms with Crippen LogP contribution in [-0.2, 0) is 5.54 Å². The molecule has 7 heteroatoms. The Balaban J connectivity index is 1.68. The predicted octanol–water partition coefficient (Wildman–Crippen LogP) is 3.75. The second-order valence-electron chi connectivity index (χ2n) is 8.56. The predicted molar refractivity (Wildman–Crippen MR) is 110 cm³/mol. The highest BCUT2D eigenvalue weighted by Crippen LogP contribution is 2.29. The molecule has 0 saturated carbocycles. The van der Waals surface area contributed by atoms with E-state index in [-0.39, 0.29) is 12.1 Å². The molecular weight excluding hydrogens is 355 g/mol. The van der Waals surface area contributed by atoms with Gasteiger partial charge in [-0.25, -0.2) is 9.37 Å². The van der Waals surface area contributed by atoms with Gasteiger partial charge in [-0.1, -0.05) is 0 Å². The third-order valence-electron chi connectivity index (χ3n) is 5.16. The summed E-state index contributed by atoms with van der Waals surface area (Å²) in [5.74, 6) is 0.659. The summed E-state index contributed by atoms with van der Waals surface area (Å²) in [5.41, 5.74) is 1.15. The van der Waals surface area contributed by atoms with Gasteiger partial charge in [0.25, 0.3) is 0 Å². The molecule has 1 aliphatic rings. The summed E-state index contributed by atoms with van der Waals surface area (Å²) < 4.78 is 17.0. The van der Waals surface area contributed by atoms with Crippen LogP contribution in [0.1, 0.15) is 33.6 Å². The first kappa shape index (κ1) is 18.8. The normalized spacial score (nSPS) is 20.4. The molecule has 0 unspecified atom stereocenters. The molecule has 1 fully saturated rings. The Labute approximate surface area is 164 Å². The van der Waals surface area contributed by atoms with E-state index in [1.807, 2.05) is 35.3 Å². The lowest BCUT2D eigenvalue weighted by Gasteiger charge is -2.30. The molecule has 0 aliphatic carbocycles. The van der Waals surface area contributed by atoms with Crippen LogP contribution in [0.5, 0.6) is 0 Å². The number of rotatable bonds is 4. The number of nitrogens with zero attached hydrogens (tertiary/aromatic N) is 4. The topological polar surface area (TPSA) is 67.7 Å². The number of pyridine rings is 2. The highest BCUT2D eigenvalue weighted by atomic mass is 19.1. The zero-order chi connectivity index (χ0) is 19.8. The van der Waals surface area contributed by atoms with Crippen molar-refractivity contribution >= 4 is 16.7 Å². The Morgan fingerprint density at radius 2 is 2.21 bits per heavy atom. The Hall–Kier alpha value is -2.54. The van der Waals surface area contributed by atoms with E-state index in [0.29, 0.717) is 18.8 Å². The van der Waals surface area contributed by atoms with Crippen molar-refractivity contribution in [3.63, 3.8) is 0 Å². The zero-order valence-corrected chi connectivity index (χ0v) is 16.7. The summed E-state index contributed by atoms with van der Waals surface area (Å²) in [6.07, 6.45) is 6.97. The van der Waals surface area contributed by atoms with E-state index in [1.54, 1.807) is 6.20 Å². The second-order valence-corrected chi connectivity index (χ2v) is 8.56. The van der Waals surface area contributed by atoms with Crippen LogP contribution >= 0.6 is 0 Å². The van der Waals surface area contributed by atoms with E-state index >= 15 is 4.39 Å². The average molecular weight is 382 g/mol. The van der Waals surface area contributed by atoms with Crippen molar-refractivity contribution in [2.24, 2.45) is 0 Å². The van der Waals surface area contributed by atoms with Crippen LogP contribution in [0.2, 0.25) is 0 Å². The molecule has 0 aromatic carbocycles. The molecule has 3 aromatic heterocycles. The maximum Gasteiger partial charge on any atom is 0.140 e. The largest absolute Gasteiger partial charge is 0.366 e. The molecule has 3 aromatic rings. The summed E-state index contributed by atoms with van der Waals surface area (Å²) in [6.45, 7) is 7.78. The molecule has 4 heterocycles. The van der Waals surface area contributed by atoms with Crippen molar-refractivity contribution in [3.05, 3.63) is 36.8 Å². The molecule has 1 saturated heterocycles. The maximum absolute atomic E-state index is 15.0. The summed E-state index contributed by atoms with van der Waals surface area (Å²) in [6, 6.07) is 5.79. The quantitative estimate of drug-likeness (QED) is 0.719. The van der Waals surface area contributed by atoms with Gasteiger partial charge in [-0.15, -0.1) is 0 Å². The number of nitrogens with one attached hydrogen (secondary N) is 2. The minimum absolute atomic E-state index is 0.108. The third-order valence-corrected chi connectivity index (χ3v) is 5.16. The van der Waals surface area contributed by atoms with Crippen LogP contribution in [0.4, 0.5) is 10.2 Å². The lowest BCUT2D eigenvalue weighted by atomic mass is 9.96. The van der Waals surface area contributed by atoms with Gasteiger partial charge >= 0.3 is 0 Å². The van der Waals surface area contributed by atoms with E-state index in [2.05, 4.69) is 41.5 Å². The number of hydrogen-bond donors (Lipinski definition) is 2. The Morgan fingerprint density at radius 3 is 2.93 bits per heavy atom. The van der Waals surface area contributed by atoms with Gasteiger partial charge in [-0.05, 0) is 58.4 Å². The molecule has 2 N–H and O–H groups in total. The lowest BCUT2D eigenvalue weighted by molar-refractivity contribution is 0.137. The molecule has 0 radical (unpaired) electrons. The number of aromatic nitrogens is 4. The number of alkyl halides is 1. The van der Waals surface area contributed by atoms with Crippen molar-refractivity contribution in [2.45, 2.75) is 44.8 Å². The van der Waals surface area contributed by atoms with E-state index in [4.69, 9.17) is 4.98 Å². The van der Waals surface area contributed by atoms with Gasteiger partial charge in [0, 0.05) is 29.9 Å². The molecule has 6 nitrogen and oxygen atoms in total. The minimum atomic E-state index is -1.26. The summed E-state index contributed by atoms with van der Waals surface area (Å²) in [7, 11) is 0. The molecule has 1 atom stereocenters. The summed E-state index contributed by atoms with van der Waals surface area (Å²) in [4.78, 5) is 9.27. The molecule has 148 valence electrons. The van der Waals surface area contributed by atoms with E-state index in [9.17, 15) is 0 Å². The summed E-state index contributed by atoms with van der Waals surface area (Å²) >= 11 is 0. The summed E-state index contributed by atoms with van der Waals surface area (Å²) in [5, 5.41) is 11.8. The highest BCUT2D eigenvalue weighted by molar-refractivity contribution is 5.91. The van der Waals surface area contributed by atoms with E-state index in [0.717, 1.165) is 35.1 Å². The molecule has 0 bridgehead atoms. The fourth-order valence-corrected chi connectivity index (χ4v) is 3.50. The number of piperidine rings is 1. The van der Waals surface area contributed by atoms with Crippen LogP contribution in [0, 0.1) is 0 Å². The first-order valence-electron chi connectivity index (χ1n) is 9.79. The van der Waals surface area contributed by atoms with Crippen LogP contribution in [-0.4, -0.2) is 45.1 Å². The van der Waals surface area contributed by atoms with Gasteiger partial charge in [0.1, 0.15) is 11.5 Å². The fourth-order valence-electron chi connectivity index (χ4n) is 3.50. The fraction of sp³-hybridized carbons (Fsp3) is 0.476. The van der Waals surface area contributed by atoms with Gasteiger partial charge in [0.15, 0.2) is 0 Å². The van der Waals surface area contributed by atoms with Crippen LogP contribution < -0.4 is 10.6 Å². The molecule has 1 aliphatic heterocycles. The number of fused-ring (bicyclic) bond motifs is 1. The maximum atomic E-state index is 15.0. The Kier molecular flexibility index (Phi) is 4.79. The number of anilines is 1. The Bertz CT molecular complexity index is 968. The highest BCUT2D eigenvalue weighted by Gasteiger charge is 2.31. The van der Waals surface area contributed by atoms with Gasteiger partial charge in [-0.2, -0.15) is 5.10 Å². The zero-order valence-electron chi connectivity index (χ0n) is 16.7. The molecule has 28 heavy (non-hydrogen) atoms. The third kappa shape index (κ3) is 3.85. The van der Waals surface area contributed by atoms with Crippen molar-refractivity contribution in [2.75, 3.05) is 25.0 Å². The van der Waals surface area contributed by atoms with Crippen molar-refractivity contribution in [1.29, 1.82) is 0 Å². The smallest absolute Gasteiger partial charge is 0.140 e. The van der Waals surface area contributed by atoms with E-state index in [1.165, 1.54) is 0 Å². The Morgan fingerprint density at radius 1 is 1.36 bits per heavy atom. The molecular formula is C21H27FN6. The van der Waals surface area contributed by atoms with Crippen molar-refractivity contribution < 1.29 is 4.39 Å². The average Bonchev–Trinajstić information content (AvgIpc) is 3.17. The van der Waals surface area contributed by atoms with Crippen LogP contribution in [0.15, 0.2) is 36.8 Å². The first-order valence-corrected chi connectivity index (χ1v) is 9.79. The lowest BCUT2D eigenvalue weighted by Crippen LogP contribution is -2.46. The second kappa shape index (κ2) is 7.13. The van der Waals surface area contributed by atoms with Crippen LogP contribution in [0.25, 0.3) is 22.2 Å². The molecule has 4 rings (SSSR count). The molecule has 0 spiro atoms. The minimum Gasteiger partial charge on any atom is -0.366 e. The standard InChI is InChI=1S/C21H27FN6/c1-20(2,3)28-12-15(11-26-28)17-10-18-16(6-4-9-24-18)19(27-17)25-14-21(22)7-5-8-23-13-21/h4,6,9-12,23H,5,7-8,13-14H2,1-3H3,(H,25,27)/t21-/m0/s1. The SMILES string of the molecule is CC(C)(C)n1cc(-c2cc3ncccc3c(NC[C@]3(F)CCCNC3)n2)cn1. The van der Waals surface area contributed by atoms with Gasteiger partial charge in [0.05, 0.1) is 29.5 Å². The van der Waals surface area contributed by atoms with Gasteiger partial charge in [0.2, 0.25) is 0 Å². The monoisotopic (exact) mass is 382 g/mol. The van der Waals surface area contributed by atoms with Crippen molar-refractivity contribution in [3.8, 4) is 11.3 Å². The van der Waals surface area contributed by atoms with Gasteiger partial charge in [-0.3, -0.25) is 9.67 Å². The van der Waals surface area contributed by atoms with E-state index < -0.39 is 5.67 Å². The van der Waals surface area contributed by atoms with Crippen LogP contribution in [0.3, 0.4) is 0 Å². The number of hydrogen-bond acceptors (Lipinski definition) is 5. The first-order chi connectivity index (χ1) is 13.3. The number of halogens is 1. The van der Waals surface area contributed by atoms with Crippen molar-refractivity contribution in [1.82, 2.24) is 25.1 Å².